The van der Waals surface area contributed by atoms with Gasteiger partial charge >= 0.3 is 0 Å². The van der Waals surface area contributed by atoms with Crippen molar-refractivity contribution >= 4 is 11.8 Å². The molecule has 2 amide bonds. The first-order valence-electron chi connectivity index (χ1n) is 6.03. The first-order chi connectivity index (χ1) is 8.32. The van der Waals surface area contributed by atoms with Crippen molar-refractivity contribution in [2.75, 3.05) is 6.54 Å². The van der Waals surface area contributed by atoms with Crippen molar-refractivity contribution < 1.29 is 9.59 Å². The van der Waals surface area contributed by atoms with Gasteiger partial charge in [-0.2, -0.15) is 0 Å². The minimum atomic E-state index is -0.240. The van der Waals surface area contributed by atoms with Gasteiger partial charge in [-0.1, -0.05) is 32.9 Å². The van der Waals surface area contributed by atoms with Gasteiger partial charge in [0.1, 0.15) is 0 Å². The van der Waals surface area contributed by atoms with Crippen molar-refractivity contribution in [1.29, 1.82) is 0 Å². The number of carbonyl (C=O) groups is 2. The van der Waals surface area contributed by atoms with Crippen molar-refractivity contribution in [3.05, 3.63) is 35.4 Å². The molecule has 1 heterocycles. The van der Waals surface area contributed by atoms with E-state index in [1.54, 1.807) is 24.3 Å². The maximum Gasteiger partial charge on any atom is 0.261 e. The summed E-state index contributed by atoms with van der Waals surface area (Å²) in [6.07, 6.45) is 0. The summed E-state index contributed by atoms with van der Waals surface area (Å²) in [7, 11) is 0. The molecule has 0 unspecified atom stereocenters. The minimum Gasteiger partial charge on any atom is -0.326 e. The molecule has 4 nitrogen and oxygen atoms in total. The van der Waals surface area contributed by atoms with E-state index in [1.807, 2.05) is 20.8 Å². The Hall–Kier alpha value is -1.68. The highest BCUT2D eigenvalue weighted by Crippen LogP contribution is 2.25. The van der Waals surface area contributed by atoms with Gasteiger partial charge in [0.2, 0.25) is 0 Å². The molecule has 18 heavy (non-hydrogen) atoms. The second kappa shape index (κ2) is 4.21. The molecule has 0 bridgehead atoms. The number of carbonyl (C=O) groups excluding carboxylic acids is 2. The monoisotopic (exact) mass is 246 g/mol. The van der Waals surface area contributed by atoms with E-state index in [9.17, 15) is 9.59 Å². The first-order valence-corrected chi connectivity index (χ1v) is 6.03. The Bertz CT molecular complexity index is 468. The summed E-state index contributed by atoms with van der Waals surface area (Å²) >= 11 is 0. The number of fused-ring (bicyclic) bond motifs is 1. The van der Waals surface area contributed by atoms with Crippen LogP contribution in [-0.4, -0.2) is 29.3 Å². The average molecular weight is 246 g/mol. The summed E-state index contributed by atoms with van der Waals surface area (Å²) in [5, 5.41) is 0. The Labute approximate surface area is 107 Å². The molecule has 1 atom stereocenters. The van der Waals surface area contributed by atoms with Crippen LogP contribution in [0.1, 0.15) is 41.5 Å². The van der Waals surface area contributed by atoms with Crippen molar-refractivity contribution in [1.82, 2.24) is 4.90 Å². The molecular weight excluding hydrogens is 228 g/mol. The molecule has 0 fully saturated rings. The lowest BCUT2D eigenvalue weighted by molar-refractivity contribution is 0.0623. The van der Waals surface area contributed by atoms with Gasteiger partial charge in [0, 0.05) is 12.6 Å². The van der Waals surface area contributed by atoms with Crippen molar-refractivity contribution in [2.24, 2.45) is 11.1 Å². The second-order valence-corrected chi connectivity index (χ2v) is 5.74. The highest BCUT2D eigenvalue weighted by atomic mass is 16.2. The van der Waals surface area contributed by atoms with E-state index < -0.39 is 0 Å². The lowest BCUT2D eigenvalue weighted by Crippen LogP contribution is -2.47. The van der Waals surface area contributed by atoms with E-state index in [4.69, 9.17) is 5.73 Å². The van der Waals surface area contributed by atoms with Crippen LogP contribution in [0.25, 0.3) is 0 Å². The van der Waals surface area contributed by atoms with Crippen LogP contribution in [0.2, 0.25) is 0 Å². The zero-order chi connectivity index (χ0) is 13.5. The van der Waals surface area contributed by atoms with E-state index in [0.717, 1.165) is 0 Å². The van der Waals surface area contributed by atoms with Crippen LogP contribution < -0.4 is 5.73 Å². The molecule has 96 valence electrons. The summed E-state index contributed by atoms with van der Waals surface area (Å²) in [6.45, 7) is 6.25. The van der Waals surface area contributed by atoms with Gasteiger partial charge in [-0.15, -0.1) is 0 Å². The number of hydrogen-bond donors (Lipinski definition) is 1. The molecule has 1 aliphatic heterocycles. The molecule has 0 saturated heterocycles. The standard InChI is InChI=1S/C14H18N2O2/c1-14(2,3)11(15)8-16-12(17)9-6-4-5-7-10(9)13(16)18/h4-7,11H,8,15H2,1-3H3/t11-/m1/s1. The first kappa shape index (κ1) is 12.8. The second-order valence-electron chi connectivity index (χ2n) is 5.74. The molecule has 0 radical (unpaired) electrons. The number of benzene rings is 1. The minimum absolute atomic E-state index is 0.144. The molecule has 4 heteroatoms. The fourth-order valence-electron chi connectivity index (χ4n) is 1.88. The fraction of sp³-hybridized carbons (Fsp3) is 0.429. The largest absolute Gasteiger partial charge is 0.326 e. The van der Waals surface area contributed by atoms with Gasteiger partial charge in [0.25, 0.3) is 11.8 Å². The third-order valence-corrected chi connectivity index (χ3v) is 3.37. The third kappa shape index (κ3) is 2.04. The van der Waals surface area contributed by atoms with Gasteiger partial charge in [-0.05, 0) is 17.5 Å². The molecule has 2 rings (SSSR count). The summed E-state index contributed by atoms with van der Waals surface area (Å²) in [4.78, 5) is 25.5. The van der Waals surface area contributed by atoms with Crippen LogP contribution in [0.4, 0.5) is 0 Å². The molecule has 0 spiro atoms. The highest BCUT2D eigenvalue weighted by Gasteiger charge is 2.37. The summed E-state index contributed by atoms with van der Waals surface area (Å²) in [5.41, 5.74) is 6.85. The molecule has 0 aliphatic carbocycles. The van der Waals surface area contributed by atoms with Gasteiger partial charge in [0.05, 0.1) is 11.1 Å². The van der Waals surface area contributed by atoms with Crippen LogP contribution >= 0.6 is 0 Å². The Balaban J connectivity index is 2.24. The summed E-state index contributed by atoms with van der Waals surface area (Å²) in [6, 6.07) is 6.64. The van der Waals surface area contributed by atoms with Crippen LogP contribution in [0.15, 0.2) is 24.3 Å². The average Bonchev–Trinajstić information content (AvgIpc) is 2.54. The number of nitrogens with two attached hydrogens (primary N) is 1. The van der Waals surface area contributed by atoms with Gasteiger partial charge in [0.15, 0.2) is 0 Å². The van der Waals surface area contributed by atoms with Gasteiger partial charge in [-0.3, -0.25) is 14.5 Å². The topological polar surface area (TPSA) is 63.4 Å². The van der Waals surface area contributed by atoms with Crippen LogP contribution in [-0.2, 0) is 0 Å². The number of nitrogens with zero attached hydrogens (tertiary/aromatic N) is 1. The lowest BCUT2D eigenvalue weighted by Gasteiger charge is -2.29. The maximum absolute atomic E-state index is 12.1. The van der Waals surface area contributed by atoms with Crippen LogP contribution in [0.3, 0.4) is 0 Å². The van der Waals surface area contributed by atoms with E-state index >= 15 is 0 Å². The highest BCUT2D eigenvalue weighted by molar-refractivity contribution is 6.21. The quantitative estimate of drug-likeness (QED) is 0.807. The zero-order valence-electron chi connectivity index (χ0n) is 10.9. The Morgan fingerprint density at radius 1 is 1.11 bits per heavy atom. The van der Waals surface area contributed by atoms with E-state index in [-0.39, 0.29) is 29.8 Å². The normalized spacial score (nSPS) is 17.0. The number of imide groups is 1. The smallest absolute Gasteiger partial charge is 0.261 e. The Morgan fingerprint density at radius 3 is 1.94 bits per heavy atom. The summed E-state index contributed by atoms with van der Waals surface area (Å²) in [5.74, 6) is -0.481. The summed E-state index contributed by atoms with van der Waals surface area (Å²) < 4.78 is 0. The Kier molecular flexibility index (Phi) is 2.99. The van der Waals surface area contributed by atoms with E-state index in [0.29, 0.717) is 11.1 Å². The SMILES string of the molecule is CC(C)(C)[C@H](N)CN1C(=O)c2ccccc2C1=O. The number of hydrogen-bond acceptors (Lipinski definition) is 3. The maximum atomic E-state index is 12.1. The van der Waals surface area contributed by atoms with Gasteiger partial charge in [-0.25, -0.2) is 0 Å². The fourth-order valence-corrected chi connectivity index (χ4v) is 1.88. The van der Waals surface area contributed by atoms with Crippen LogP contribution in [0, 0.1) is 5.41 Å². The van der Waals surface area contributed by atoms with Crippen molar-refractivity contribution in [3.8, 4) is 0 Å². The third-order valence-electron chi connectivity index (χ3n) is 3.37. The predicted octanol–water partition coefficient (Wildman–Crippen LogP) is 1.66. The molecule has 0 saturated carbocycles. The van der Waals surface area contributed by atoms with Crippen LogP contribution in [0.5, 0.6) is 0 Å². The molecule has 1 aromatic carbocycles. The number of rotatable bonds is 2. The van der Waals surface area contributed by atoms with E-state index in [2.05, 4.69) is 0 Å². The molecule has 1 aromatic rings. The molecule has 2 N–H and O–H groups in total. The van der Waals surface area contributed by atoms with Crippen molar-refractivity contribution in [2.45, 2.75) is 26.8 Å². The predicted molar refractivity (Wildman–Crippen MR) is 69.2 cm³/mol. The van der Waals surface area contributed by atoms with E-state index in [1.165, 1.54) is 4.90 Å². The number of amides is 2. The van der Waals surface area contributed by atoms with Crippen molar-refractivity contribution in [3.63, 3.8) is 0 Å². The molecule has 0 aromatic heterocycles. The zero-order valence-corrected chi connectivity index (χ0v) is 10.9. The lowest BCUT2D eigenvalue weighted by atomic mass is 9.87. The molecular formula is C14H18N2O2. The Morgan fingerprint density at radius 2 is 1.56 bits per heavy atom. The molecule has 1 aliphatic rings. The van der Waals surface area contributed by atoms with Gasteiger partial charge < -0.3 is 5.73 Å².